The van der Waals surface area contributed by atoms with Gasteiger partial charge in [-0.2, -0.15) is 0 Å². The minimum absolute atomic E-state index is 0.161. The Morgan fingerprint density at radius 1 is 1.09 bits per heavy atom. The highest BCUT2D eigenvalue weighted by Gasteiger charge is 2.55. The lowest BCUT2D eigenvalue weighted by Crippen LogP contribution is -2.47. The van der Waals surface area contributed by atoms with E-state index in [9.17, 15) is 14.7 Å². The number of ketones is 1. The van der Waals surface area contributed by atoms with Crippen LogP contribution >= 0.6 is 11.6 Å². The molecule has 1 N–H and O–H groups in total. The number of aliphatic hydroxyl groups is 1. The quantitative estimate of drug-likeness (QED) is 0.587. The number of carbonyl (C=O) groups is 2. The van der Waals surface area contributed by atoms with E-state index in [1.165, 1.54) is 4.90 Å². The molecular weight excluding hydrogens is 430 g/mol. The van der Waals surface area contributed by atoms with Crippen LogP contribution in [0.5, 0.6) is 11.5 Å². The van der Waals surface area contributed by atoms with Crippen LogP contribution in [-0.4, -0.2) is 23.6 Å². The van der Waals surface area contributed by atoms with Gasteiger partial charge in [0, 0.05) is 16.1 Å². The molecule has 2 atom stereocenters. The third-order valence-corrected chi connectivity index (χ3v) is 6.36. The van der Waals surface area contributed by atoms with Gasteiger partial charge < -0.3 is 19.5 Å². The second-order valence-electron chi connectivity index (χ2n) is 7.96. The Hall–Kier alpha value is -3.35. The molecule has 3 aromatic rings. The SMILES string of the molecule is C[C@@H](C(=O)c1ccc(Cl)cc1)[C@@]1(O)C(=O)N(Cc2ccc3c(c2)OCO3)c2ccccc21. The van der Waals surface area contributed by atoms with E-state index in [4.69, 9.17) is 21.1 Å². The topological polar surface area (TPSA) is 76.1 Å². The molecule has 0 bridgehead atoms. The molecule has 5 rings (SSSR count). The van der Waals surface area contributed by atoms with Gasteiger partial charge in [-0.1, -0.05) is 42.8 Å². The second-order valence-corrected chi connectivity index (χ2v) is 8.39. The Labute approximate surface area is 189 Å². The van der Waals surface area contributed by atoms with Crippen molar-refractivity contribution >= 4 is 29.0 Å². The van der Waals surface area contributed by atoms with Crippen molar-refractivity contribution in [2.24, 2.45) is 5.92 Å². The van der Waals surface area contributed by atoms with E-state index in [0.29, 0.717) is 33.3 Å². The van der Waals surface area contributed by atoms with Crippen molar-refractivity contribution in [3.8, 4) is 11.5 Å². The van der Waals surface area contributed by atoms with Gasteiger partial charge in [0.05, 0.1) is 18.2 Å². The van der Waals surface area contributed by atoms with E-state index >= 15 is 0 Å². The Morgan fingerprint density at radius 2 is 1.81 bits per heavy atom. The molecule has 162 valence electrons. The van der Waals surface area contributed by atoms with E-state index in [2.05, 4.69) is 0 Å². The Kier molecular flexibility index (Phi) is 4.92. The van der Waals surface area contributed by atoms with Crippen molar-refractivity contribution in [2.45, 2.75) is 19.1 Å². The zero-order chi connectivity index (χ0) is 22.5. The number of benzene rings is 3. The maximum Gasteiger partial charge on any atom is 0.264 e. The highest BCUT2D eigenvalue weighted by molar-refractivity contribution is 6.30. The largest absolute Gasteiger partial charge is 0.454 e. The summed E-state index contributed by atoms with van der Waals surface area (Å²) in [7, 11) is 0. The zero-order valence-electron chi connectivity index (χ0n) is 17.2. The van der Waals surface area contributed by atoms with Crippen molar-refractivity contribution in [3.05, 3.63) is 88.4 Å². The van der Waals surface area contributed by atoms with Crippen LogP contribution in [-0.2, 0) is 16.9 Å². The number of para-hydroxylation sites is 1. The lowest BCUT2D eigenvalue weighted by atomic mass is 9.79. The number of carbonyl (C=O) groups excluding carboxylic acids is 2. The molecule has 2 aliphatic rings. The zero-order valence-corrected chi connectivity index (χ0v) is 18.0. The van der Waals surface area contributed by atoms with Crippen LogP contribution < -0.4 is 14.4 Å². The Bertz CT molecular complexity index is 1230. The van der Waals surface area contributed by atoms with E-state index in [1.807, 2.05) is 12.1 Å². The number of halogens is 1. The fourth-order valence-corrected chi connectivity index (χ4v) is 4.44. The first-order valence-electron chi connectivity index (χ1n) is 10.2. The Balaban J connectivity index is 1.50. The summed E-state index contributed by atoms with van der Waals surface area (Å²) in [5.74, 6) is -0.605. The highest BCUT2D eigenvalue weighted by atomic mass is 35.5. The number of nitrogens with zero attached hydrogens (tertiary/aromatic N) is 1. The molecule has 32 heavy (non-hydrogen) atoms. The van der Waals surface area contributed by atoms with E-state index in [1.54, 1.807) is 61.5 Å². The first-order chi connectivity index (χ1) is 15.4. The summed E-state index contributed by atoms with van der Waals surface area (Å²) in [4.78, 5) is 28.3. The molecule has 0 saturated carbocycles. The number of hydrogen-bond acceptors (Lipinski definition) is 5. The summed E-state index contributed by atoms with van der Waals surface area (Å²) < 4.78 is 10.8. The number of anilines is 1. The summed E-state index contributed by atoms with van der Waals surface area (Å²) in [5.41, 5.74) is 0.214. The standard InChI is InChI=1S/C25H20ClNO5/c1-15(23(28)17-7-9-18(26)10-8-17)25(30)19-4-2-3-5-20(19)27(24(25)29)13-16-6-11-21-22(12-16)32-14-31-21/h2-12,15,30H,13-14H2,1H3/t15-,25-/m0/s1. The molecule has 6 nitrogen and oxygen atoms in total. The summed E-state index contributed by atoms with van der Waals surface area (Å²) in [6.07, 6.45) is 0. The molecule has 7 heteroatoms. The van der Waals surface area contributed by atoms with Gasteiger partial charge in [0.15, 0.2) is 22.9 Å². The fraction of sp³-hybridized carbons (Fsp3) is 0.200. The molecule has 0 aliphatic carbocycles. The third kappa shape index (κ3) is 3.15. The lowest BCUT2D eigenvalue weighted by Gasteiger charge is -2.28. The first-order valence-corrected chi connectivity index (χ1v) is 10.6. The van der Waals surface area contributed by atoms with Crippen molar-refractivity contribution in [3.63, 3.8) is 0 Å². The van der Waals surface area contributed by atoms with Crippen LogP contribution in [0.2, 0.25) is 5.02 Å². The summed E-state index contributed by atoms with van der Waals surface area (Å²) >= 11 is 5.93. The molecule has 2 heterocycles. The van der Waals surface area contributed by atoms with Gasteiger partial charge in [0.1, 0.15) is 0 Å². The number of amides is 1. The molecule has 0 fully saturated rings. The van der Waals surface area contributed by atoms with Gasteiger partial charge >= 0.3 is 0 Å². The number of Topliss-reactive ketones (excluding diaryl/α,β-unsaturated/α-hetero) is 1. The van der Waals surface area contributed by atoms with Crippen molar-refractivity contribution in [1.29, 1.82) is 0 Å². The highest BCUT2D eigenvalue weighted by Crippen LogP contribution is 2.46. The maximum atomic E-state index is 13.6. The smallest absolute Gasteiger partial charge is 0.264 e. The summed E-state index contributed by atoms with van der Waals surface area (Å²) in [6.45, 7) is 1.96. The lowest BCUT2D eigenvalue weighted by molar-refractivity contribution is -0.139. The minimum atomic E-state index is -1.98. The van der Waals surface area contributed by atoms with Crippen LogP contribution in [0.15, 0.2) is 66.7 Å². The van der Waals surface area contributed by atoms with Gasteiger partial charge in [0.2, 0.25) is 6.79 Å². The van der Waals surface area contributed by atoms with E-state index in [0.717, 1.165) is 5.56 Å². The fourth-order valence-electron chi connectivity index (χ4n) is 4.31. The van der Waals surface area contributed by atoms with Crippen LogP contribution in [0, 0.1) is 5.92 Å². The van der Waals surface area contributed by atoms with Crippen molar-refractivity contribution in [2.75, 3.05) is 11.7 Å². The van der Waals surface area contributed by atoms with Crippen LogP contribution in [0.25, 0.3) is 0 Å². The summed E-state index contributed by atoms with van der Waals surface area (Å²) in [5, 5.41) is 12.2. The maximum absolute atomic E-state index is 13.6. The van der Waals surface area contributed by atoms with Gasteiger partial charge in [0.25, 0.3) is 5.91 Å². The normalized spacial score (nSPS) is 19.7. The van der Waals surface area contributed by atoms with E-state index in [-0.39, 0.29) is 19.1 Å². The minimum Gasteiger partial charge on any atom is -0.454 e. The molecule has 0 saturated heterocycles. The predicted molar refractivity (Wildman–Crippen MR) is 119 cm³/mol. The van der Waals surface area contributed by atoms with Crippen molar-refractivity contribution in [1.82, 2.24) is 0 Å². The molecule has 3 aromatic carbocycles. The first kappa shape index (κ1) is 20.5. The average Bonchev–Trinajstić information content (AvgIpc) is 3.36. The monoisotopic (exact) mass is 449 g/mol. The van der Waals surface area contributed by atoms with Crippen LogP contribution in [0.1, 0.15) is 28.4 Å². The summed E-state index contributed by atoms with van der Waals surface area (Å²) in [6, 6.07) is 18.9. The number of rotatable bonds is 5. The molecule has 1 amide bonds. The van der Waals surface area contributed by atoms with Crippen LogP contribution in [0.4, 0.5) is 5.69 Å². The van der Waals surface area contributed by atoms with Gasteiger partial charge in [-0.15, -0.1) is 0 Å². The molecule has 0 spiro atoms. The third-order valence-electron chi connectivity index (χ3n) is 6.10. The van der Waals surface area contributed by atoms with Gasteiger partial charge in [-0.3, -0.25) is 9.59 Å². The molecule has 0 unspecified atom stereocenters. The Morgan fingerprint density at radius 3 is 2.59 bits per heavy atom. The van der Waals surface area contributed by atoms with Gasteiger partial charge in [-0.05, 0) is 48.0 Å². The van der Waals surface area contributed by atoms with Gasteiger partial charge in [-0.25, -0.2) is 0 Å². The number of ether oxygens (including phenoxy) is 2. The van der Waals surface area contributed by atoms with Crippen LogP contribution in [0.3, 0.4) is 0 Å². The number of fused-ring (bicyclic) bond motifs is 2. The molecule has 0 aromatic heterocycles. The van der Waals surface area contributed by atoms with Crippen molar-refractivity contribution < 1.29 is 24.2 Å². The molecule has 0 radical (unpaired) electrons. The second kappa shape index (κ2) is 7.65. The average molecular weight is 450 g/mol. The van der Waals surface area contributed by atoms with E-state index < -0.39 is 17.4 Å². The number of hydrogen-bond donors (Lipinski definition) is 1. The molecule has 2 aliphatic heterocycles. The molecular formula is C25H20ClNO5. The predicted octanol–water partition coefficient (Wildman–Crippen LogP) is 4.32.